The normalized spacial score (nSPS) is 17.9. The highest BCUT2D eigenvalue weighted by Gasteiger charge is 2.23. The molecular weight excluding hydrogens is 289 g/mol. The first kappa shape index (κ1) is 13.8. The zero-order chi connectivity index (χ0) is 14.1. The predicted molar refractivity (Wildman–Crippen MR) is 87.3 cm³/mol. The Morgan fingerprint density at radius 2 is 1.95 bits per heavy atom. The van der Waals surface area contributed by atoms with E-state index in [0.29, 0.717) is 11.8 Å². The average molecular weight is 306 g/mol. The third-order valence-electron chi connectivity index (χ3n) is 3.82. The Morgan fingerprint density at radius 1 is 1.15 bits per heavy atom. The lowest BCUT2D eigenvalue weighted by molar-refractivity contribution is 0.562. The van der Waals surface area contributed by atoms with Gasteiger partial charge in [0.2, 0.25) is 0 Å². The van der Waals surface area contributed by atoms with Gasteiger partial charge in [-0.15, -0.1) is 11.6 Å². The molecule has 0 aromatic heterocycles. The predicted octanol–water partition coefficient (Wildman–Crippen LogP) is 5.41. The summed E-state index contributed by atoms with van der Waals surface area (Å²) < 4.78 is 0. The topological polar surface area (TPSA) is 3.24 Å². The second-order valence-electron chi connectivity index (χ2n) is 5.46. The molecule has 2 aromatic carbocycles. The van der Waals surface area contributed by atoms with E-state index in [-0.39, 0.29) is 0 Å². The number of nitrogens with zero attached hydrogens (tertiary/aromatic N) is 1. The van der Waals surface area contributed by atoms with Crippen molar-refractivity contribution in [2.24, 2.45) is 5.92 Å². The number of para-hydroxylation sites is 1. The Kier molecular flexibility index (Phi) is 3.91. The number of anilines is 2. The second kappa shape index (κ2) is 5.67. The van der Waals surface area contributed by atoms with Crippen molar-refractivity contribution in [1.29, 1.82) is 0 Å². The van der Waals surface area contributed by atoms with Gasteiger partial charge < -0.3 is 4.90 Å². The standard InChI is InChI=1S/C17H17Cl2N/c1-12-8-13-4-2-3-5-16(13)20(11-12)17-7-6-15(19)9-14(17)10-18/h2-7,9,12H,8,10-11H2,1H3. The van der Waals surface area contributed by atoms with Gasteiger partial charge in [-0.05, 0) is 47.7 Å². The Morgan fingerprint density at radius 3 is 2.75 bits per heavy atom. The molecule has 0 bridgehead atoms. The van der Waals surface area contributed by atoms with Crippen LogP contribution in [0.5, 0.6) is 0 Å². The molecule has 0 saturated heterocycles. The zero-order valence-corrected chi connectivity index (χ0v) is 13.0. The van der Waals surface area contributed by atoms with E-state index in [0.717, 1.165) is 23.6 Å². The van der Waals surface area contributed by atoms with Gasteiger partial charge in [-0.25, -0.2) is 0 Å². The second-order valence-corrected chi connectivity index (χ2v) is 6.16. The molecule has 20 heavy (non-hydrogen) atoms. The molecule has 0 aliphatic carbocycles. The molecular formula is C17H17Cl2N. The van der Waals surface area contributed by atoms with Crippen LogP contribution in [0.1, 0.15) is 18.1 Å². The highest BCUT2D eigenvalue weighted by Crippen LogP contribution is 2.38. The zero-order valence-electron chi connectivity index (χ0n) is 11.4. The molecule has 1 heterocycles. The van der Waals surface area contributed by atoms with Crippen LogP contribution in [-0.4, -0.2) is 6.54 Å². The monoisotopic (exact) mass is 305 g/mol. The SMILES string of the molecule is CC1Cc2ccccc2N(c2ccc(Cl)cc2CCl)C1. The van der Waals surface area contributed by atoms with E-state index in [1.807, 2.05) is 12.1 Å². The smallest absolute Gasteiger partial charge is 0.0495 e. The molecule has 0 radical (unpaired) electrons. The summed E-state index contributed by atoms with van der Waals surface area (Å²) in [6.07, 6.45) is 1.14. The van der Waals surface area contributed by atoms with Crippen LogP contribution in [0.4, 0.5) is 11.4 Å². The summed E-state index contributed by atoms with van der Waals surface area (Å²) in [6, 6.07) is 14.6. The number of rotatable bonds is 2. The van der Waals surface area contributed by atoms with Crippen LogP contribution in [0, 0.1) is 5.92 Å². The number of fused-ring (bicyclic) bond motifs is 1. The number of hydrogen-bond donors (Lipinski definition) is 0. The van der Waals surface area contributed by atoms with E-state index in [4.69, 9.17) is 23.2 Å². The van der Waals surface area contributed by atoms with Crippen LogP contribution in [0.15, 0.2) is 42.5 Å². The highest BCUT2D eigenvalue weighted by atomic mass is 35.5. The molecule has 1 nitrogen and oxygen atoms in total. The summed E-state index contributed by atoms with van der Waals surface area (Å²) >= 11 is 12.2. The van der Waals surface area contributed by atoms with Gasteiger partial charge in [0.05, 0.1) is 0 Å². The summed E-state index contributed by atoms with van der Waals surface area (Å²) in [5, 5.41) is 0.739. The summed E-state index contributed by atoms with van der Waals surface area (Å²) in [4.78, 5) is 2.37. The first-order valence-corrected chi connectivity index (χ1v) is 7.80. The minimum atomic E-state index is 0.475. The molecule has 104 valence electrons. The van der Waals surface area contributed by atoms with Crippen LogP contribution in [0.25, 0.3) is 0 Å². The summed E-state index contributed by atoms with van der Waals surface area (Å²) in [7, 11) is 0. The quantitative estimate of drug-likeness (QED) is 0.671. The number of benzene rings is 2. The fourth-order valence-corrected chi connectivity index (χ4v) is 3.36. The maximum atomic E-state index is 6.10. The Labute approximate surface area is 130 Å². The molecule has 0 amide bonds. The van der Waals surface area contributed by atoms with E-state index in [9.17, 15) is 0 Å². The van der Waals surface area contributed by atoms with Gasteiger partial charge >= 0.3 is 0 Å². The molecule has 0 saturated carbocycles. The van der Waals surface area contributed by atoms with Crippen LogP contribution in [-0.2, 0) is 12.3 Å². The van der Waals surface area contributed by atoms with Gasteiger partial charge in [0, 0.05) is 28.8 Å². The number of hydrogen-bond acceptors (Lipinski definition) is 1. The van der Waals surface area contributed by atoms with Crippen LogP contribution < -0.4 is 4.90 Å². The highest BCUT2D eigenvalue weighted by molar-refractivity contribution is 6.30. The van der Waals surface area contributed by atoms with E-state index in [2.05, 4.69) is 42.2 Å². The van der Waals surface area contributed by atoms with Gasteiger partial charge in [-0.3, -0.25) is 0 Å². The van der Waals surface area contributed by atoms with Crippen molar-refractivity contribution in [3.05, 3.63) is 58.6 Å². The Balaban J connectivity index is 2.10. The van der Waals surface area contributed by atoms with Crippen molar-refractivity contribution in [3.8, 4) is 0 Å². The van der Waals surface area contributed by atoms with E-state index < -0.39 is 0 Å². The first-order valence-electron chi connectivity index (χ1n) is 6.89. The number of alkyl halides is 1. The molecule has 0 fully saturated rings. The maximum absolute atomic E-state index is 6.10. The van der Waals surface area contributed by atoms with E-state index in [1.54, 1.807) is 0 Å². The molecule has 3 rings (SSSR count). The van der Waals surface area contributed by atoms with Gasteiger partial charge in [0.1, 0.15) is 0 Å². The van der Waals surface area contributed by atoms with Crippen molar-refractivity contribution in [2.75, 3.05) is 11.4 Å². The van der Waals surface area contributed by atoms with Crippen molar-refractivity contribution < 1.29 is 0 Å². The average Bonchev–Trinajstić information content (AvgIpc) is 2.46. The maximum Gasteiger partial charge on any atom is 0.0495 e. The van der Waals surface area contributed by atoms with Gasteiger partial charge in [0.25, 0.3) is 0 Å². The largest absolute Gasteiger partial charge is 0.341 e. The number of halogens is 2. The first-order chi connectivity index (χ1) is 9.69. The molecule has 1 atom stereocenters. The molecule has 0 spiro atoms. The summed E-state index contributed by atoms with van der Waals surface area (Å²) in [5.41, 5.74) is 4.95. The molecule has 3 heteroatoms. The van der Waals surface area contributed by atoms with Crippen molar-refractivity contribution in [2.45, 2.75) is 19.2 Å². The lowest BCUT2D eigenvalue weighted by atomic mass is 9.93. The summed E-state index contributed by atoms with van der Waals surface area (Å²) in [6.45, 7) is 3.31. The van der Waals surface area contributed by atoms with Gasteiger partial charge in [-0.2, -0.15) is 0 Å². The van der Waals surface area contributed by atoms with E-state index in [1.165, 1.54) is 16.9 Å². The van der Waals surface area contributed by atoms with E-state index >= 15 is 0 Å². The van der Waals surface area contributed by atoms with Crippen LogP contribution in [0.3, 0.4) is 0 Å². The Bertz CT molecular complexity index is 624. The summed E-state index contributed by atoms with van der Waals surface area (Å²) in [5.74, 6) is 1.10. The third kappa shape index (κ3) is 2.53. The van der Waals surface area contributed by atoms with Crippen LogP contribution in [0.2, 0.25) is 5.02 Å². The minimum absolute atomic E-state index is 0.475. The van der Waals surface area contributed by atoms with Crippen molar-refractivity contribution >= 4 is 34.6 Å². The third-order valence-corrected chi connectivity index (χ3v) is 4.34. The fraction of sp³-hybridized carbons (Fsp3) is 0.294. The van der Waals surface area contributed by atoms with Gasteiger partial charge in [-0.1, -0.05) is 36.7 Å². The molecule has 1 aliphatic rings. The van der Waals surface area contributed by atoms with Crippen molar-refractivity contribution in [1.82, 2.24) is 0 Å². The lowest BCUT2D eigenvalue weighted by Crippen LogP contribution is -2.30. The molecule has 2 aromatic rings. The Hall–Kier alpha value is -1.18. The fourth-order valence-electron chi connectivity index (χ4n) is 2.95. The lowest BCUT2D eigenvalue weighted by Gasteiger charge is -2.36. The van der Waals surface area contributed by atoms with Crippen molar-refractivity contribution in [3.63, 3.8) is 0 Å². The molecule has 1 unspecified atom stereocenters. The molecule has 0 N–H and O–H groups in total. The van der Waals surface area contributed by atoms with Crippen LogP contribution >= 0.6 is 23.2 Å². The van der Waals surface area contributed by atoms with Gasteiger partial charge in [0.15, 0.2) is 0 Å². The molecule has 1 aliphatic heterocycles. The minimum Gasteiger partial charge on any atom is -0.341 e.